The molecule has 9 heteroatoms. The molecule has 2 aromatic rings. The molecule has 0 atom stereocenters. The molecule has 0 heterocycles. The summed E-state index contributed by atoms with van der Waals surface area (Å²) >= 11 is 0. The molecule has 7 nitrogen and oxygen atoms in total. The molecule has 2 aromatic carbocycles. The van der Waals surface area contributed by atoms with Crippen molar-refractivity contribution in [1.29, 1.82) is 0 Å². The van der Waals surface area contributed by atoms with Crippen LogP contribution in [0.4, 0.5) is 21.5 Å². The molecule has 0 bridgehead atoms. The van der Waals surface area contributed by atoms with Gasteiger partial charge in [-0.1, -0.05) is 12.1 Å². The summed E-state index contributed by atoms with van der Waals surface area (Å²) in [4.78, 5) is 9.43. The zero-order chi connectivity index (χ0) is 15.6. The second kappa shape index (κ2) is 5.37. The van der Waals surface area contributed by atoms with Crippen molar-refractivity contribution >= 4 is 27.1 Å². The van der Waals surface area contributed by atoms with Gasteiger partial charge in [0.05, 0.1) is 16.3 Å². The molecule has 0 fully saturated rings. The van der Waals surface area contributed by atoms with Crippen molar-refractivity contribution < 1.29 is 17.7 Å². The van der Waals surface area contributed by atoms with Gasteiger partial charge in [0.25, 0.3) is 10.0 Å². The summed E-state index contributed by atoms with van der Waals surface area (Å²) in [5.74, 6) is -1.14. The van der Waals surface area contributed by atoms with Gasteiger partial charge in [-0.05, 0) is 18.2 Å². The fourth-order valence-corrected chi connectivity index (χ4v) is 2.84. The number of halogens is 1. The van der Waals surface area contributed by atoms with Gasteiger partial charge in [0.1, 0.15) is 4.90 Å². The van der Waals surface area contributed by atoms with E-state index in [1.54, 1.807) is 6.07 Å². The van der Waals surface area contributed by atoms with Gasteiger partial charge >= 0.3 is 5.69 Å². The third kappa shape index (κ3) is 3.08. The molecule has 2 rings (SSSR count). The largest absolute Gasteiger partial charge is 0.398 e. The van der Waals surface area contributed by atoms with Crippen LogP contribution in [-0.2, 0) is 10.0 Å². The summed E-state index contributed by atoms with van der Waals surface area (Å²) < 4.78 is 39.8. The van der Waals surface area contributed by atoms with Crippen LogP contribution < -0.4 is 10.5 Å². The number of nitrogens with zero attached hydrogens (tertiary/aromatic N) is 1. The molecular formula is C12H10FN3O4S. The van der Waals surface area contributed by atoms with E-state index in [-0.39, 0.29) is 16.3 Å². The fraction of sp³-hybridized carbons (Fsp3) is 0. The number of nitro benzene ring substituents is 1. The number of para-hydroxylation sites is 1. The van der Waals surface area contributed by atoms with Crippen LogP contribution >= 0.6 is 0 Å². The molecule has 110 valence electrons. The van der Waals surface area contributed by atoms with E-state index in [2.05, 4.69) is 4.72 Å². The predicted octanol–water partition coefficient (Wildman–Crippen LogP) is 2.12. The minimum absolute atomic E-state index is 0.0346. The SMILES string of the molecule is Nc1ccccc1S(=O)(=O)Nc1ccc([N+](=O)[O-])c(F)c1. The number of benzene rings is 2. The van der Waals surface area contributed by atoms with Gasteiger partial charge in [0, 0.05) is 12.1 Å². The van der Waals surface area contributed by atoms with Crippen molar-refractivity contribution in [3.8, 4) is 0 Å². The smallest absolute Gasteiger partial charge is 0.304 e. The van der Waals surface area contributed by atoms with Gasteiger partial charge in [-0.15, -0.1) is 0 Å². The van der Waals surface area contributed by atoms with Crippen molar-refractivity contribution in [3.63, 3.8) is 0 Å². The van der Waals surface area contributed by atoms with E-state index in [0.717, 1.165) is 18.2 Å². The number of nitrogen functional groups attached to an aromatic ring is 1. The van der Waals surface area contributed by atoms with E-state index in [1.807, 2.05) is 0 Å². The Bertz CT molecular complexity index is 808. The van der Waals surface area contributed by atoms with Crippen LogP contribution in [0.5, 0.6) is 0 Å². The van der Waals surface area contributed by atoms with Gasteiger partial charge in [0.2, 0.25) is 5.82 Å². The second-order valence-corrected chi connectivity index (χ2v) is 5.72. The molecule has 0 aliphatic rings. The third-order valence-electron chi connectivity index (χ3n) is 2.61. The second-order valence-electron chi connectivity index (χ2n) is 4.07. The van der Waals surface area contributed by atoms with Gasteiger partial charge in [-0.25, -0.2) is 8.42 Å². The lowest BCUT2D eigenvalue weighted by atomic mass is 10.3. The quantitative estimate of drug-likeness (QED) is 0.510. The molecule has 21 heavy (non-hydrogen) atoms. The summed E-state index contributed by atoms with van der Waals surface area (Å²) in [6, 6.07) is 8.46. The Labute approximate surface area is 119 Å². The summed E-state index contributed by atoms with van der Waals surface area (Å²) in [5.41, 5.74) is 4.73. The molecule has 0 unspecified atom stereocenters. The first-order chi connectivity index (χ1) is 9.81. The molecule has 3 N–H and O–H groups in total. The molecule has 0 aliphatic heterocycles. The number of nitrogens with two attached hydrogens (primary N) is 1. The maximum Gasteiger partial charge on any atom is 0.304 e. The summed E-state index contributed by atoms with van der Waals surface area (Å²) in [6.45, 7) is 0. The molecule has 0 aromatic heterocycles. The molecule has 0 aliphatic carbocycles. The Morgan fingerprint density at radius 1 is 1.19 bits per heavy atom. The van der Waals surface area contributed by atoms with E-state index in [4.69, 9.17) is 5.73 Å². The van der Waals surface area contributed by atoms with Gasteiger partial charge in [-0.3, -0.25) is 14.8 Å². The summed E-state index contributed by atoms with van der Waals surface area (Å²) in [6.07, 6.45) is 0. The molecule has 0 saturated carbocycles. The van der Waals surface area contributed by atoms with Crippen LogP contribution in [-0.4, -0.2) is 13.3 Å². The number of nitrogens with one attached hydrogen (secondary N) is 1. The Morgan fingerprint density at radius 3 is 2.43 bits per heavy atom. The van der Waals surface area contributed by atoms with E-state index >= 15 is 0 Å². The first-order valence-corrected chi connectivity index (χ1v) is 7.11. The molecule has 0 spiro atoms. The van der Waals surface area contributed by atoms with Crippen LogP contribution in [0.15, 0.2) is 47.4 Å². The van der Waals surface area contributed by atoms with Crippen molar-refractivity contribution in [1.82, 2.24) is 0 Å². The molecule has 0 radical (unpaired) electrons. The van der Waals surface area contributed by atoms with Gasteiger partial charge < -0.3 is 5.73 Å². The highest BCUT2D eigenvalue weighted by molar-refractivity contribution is 7.92. The normalized spacial score (nSPS) is 11.1. The Hall–Kier alpha value is -2.68. The highest BCUT2D eigenvalue weighted by Gasteiger charge is 2.19. The van der Waals surface area contributed by atoms with Crippen molar-refractivity contribution in [2.24, 2.45) is 0 Å². The number of sulfonamides is 1. The lowest BCUT2D eigenvalue weighted by Gasteiger charge is -2.10. The topological polar surface area (TPSA) is 115 Å². The van der Waals surface area contributed by atoms with Crippen molar-refractivity contribution in [2.75, 3.05) is 10.5 Å². The summed E-state index contributed by atoms with van der Waals surface area (Å²) in [5, 5.41) is 10.5. The van der Waals surface area contributed by atoms with E-state index in [1.165, 1.54) is 18.2 Å². The summed E-state index contributed by atoms with van der Waals surface area (Å²) in [7, 11) is -4.01. The first kappa shape index (κ1) is 14.7. The Balaban J connectivity index is 2.36. The minimum Gasteiger partial charge on any atom is -0.398 e. The zero-order valence-electron chi connectivity index (χ0n) is 10.5. The average molecular weight is 311 g/mol. The number of hydrogen-bond acceptors (Lipinski definition) is 5. The highest BCUT2D eigenvalue weighted by Crippen LogP contribution is 2.24. The van der Waals surface area contributed by atoms with Crippen molar-refractivity contribution in [3.05, 3.63) is 58.4 Å². The maximum atomic E-state index is 13.5. The van der Waals surface area contributed by atoms with E-state index in [9.17, 15) is 22.9 Å². The Morgan fingerprint density at radius 2 is 1.86 bits per heavy atom. The standard InChI is InChI=1S/C12H10FN3O4S/c13-9-7-8(5-6-11(9)16(17)18)15-21(19,20)12-4-2-1-3-10(12)14/h1-7,15H,14H2. The predicted molar refractivity (Wildman–Crippen MR) is 74.7 cm³/mol. The van der Waals surface area contributed by atoms with E-state index in [0.29, 0.717) is 0 Å². The number of anilines is 2. The van der Waals surface area contributed by atoms with Crippen LogP contribution in [0.25, 0.3) is 0 Å². The lowest BCUT2D eigenvalue weighted by molar-refractivity contribution is -0.387. The number of nitro groups is 1. The molecular weight excluding hydrogens is 301 g/mol. The van der Waals surface area contributed by atoms with Gasteiger partial charge in [0.15, 0.2) is 0 Å². The van der Waals surface area contributed by atoms with Crippen LogP contribution in [0.3, 0.4) is 0 Å². The van der Waals surface area contributed by atoms with Crippen LogP contribution in [0.1, 0.15) is 0 Å². The highest BCUT2D eigenvalue weighted by atomic mass is 32.2. The zero-order valence-corrected chi connectivity index (χ0v) is 11.3. The van der Waals surface area contributed by atoms with Crippen LogP contribution in [0.2, 0.25) is 0 Å². The average Bonchev–Trinajstić information content (AvgIpc) is 2.38. The maximum absolute atomic E-state index is 13.5. The third-order valence-corrected chi connectivity index (χ3v) is 4.06. The number of rotatable bonds is 4. The molecule has 0 amide bonds. The fourth-order valence-electron chi connectivity index (χ4n) is 1.65. The van der Waals surface area contributed by atoms with Crippen molar-refractivity contribution in [2.45, 2.75) is 4.90 Å². The molecule has 0 saturated heterocycles. The monoisotopic (exact) mass is 311 g/mol. The van der Waals surface area contributed by atoms with Gasteiger partial charge in [-0.2, -0.15) is 4.39 Å². The lowest BCUT2D eigenvalue weighted by Crippen LogP contribution is -2.14. The minimum atomic E-state index is -4.01. The Kier molecular flexibility index (Phi) is 3.76. The van der Waals surface area contributed by atoms with Crippen LogP contribution in [0, 0.1) is 15.9 Å². The first-order valence-electron chi connectivity index (χ1n) is 5.62. The number of hydrogen-bond donors (Lipinski definition) is 2. The van der Waals surface area contributed by atoms with E-state index < -0.39 is 26.5 Å².